The average Bonchev–Trinajstić information content (AvgIpc) is 3.07. The van der Waals surface area contributed by atoms with Crippen LogP contribution in [0.5, 0.6) is 5.75 Å². The van der Waals surface area contributed by atoms with Gasteiger partial charge in [-0.15, -0.1) is 0 Å². The molecule has 0 bridgehead atoms. The second-order valence-corrected chi connectivity index (χ2v) is 9.00. The highest BCUT2D eigenvalue weighted by atomic mass is 16.5. The molecule has 9 nitrogen and oxygen atoms in total. The summed E-state index contributed by atoms with van der Waals surface area (Å²) in [6.07, 6.45) is 3.56. The van der Waals surface area contributed by atoms with E-state index in [1.807, 2.05) is 30.0 Å². The van der Waals surface area contributed by atoms with Crippen LogP contribution < -0.4 is 10.1 Å². The molecule has 0 spiro atoms. The zero-order valence-corrected chi connectivity index (χ0v) is 18.6. The van der Waals surface area contributed by atoms with Crippen molar-refractivity contribution in [2.45, 2.75) is 50.7 Å². The normalized spacial score (nSPS) is 23.4. The minimum absolute atomic E-state index is 0.0334. The number of hydrogen-bond acceptors (Lipinski definition) is 6. The molecule has 1 aromatic rings. The van der Waals surface area contributed by atoms with Crippen molar-refractivity contribution >= 4 is 23.6 Å². The van der Waals surface area contributed by atoms with Crippen molar-refractivity contribution in [1.82, 2.24) is 20.0 Å². The zero-order chi connectivity index (χ0) is 22.8. The molecular weight excluding hydrogens is 412 g/mol. The van der Waals surface area contributed by atoms with Crippen LogP contribution in [0.25, 0.3) is 0 Å². The fraction of sp³-hybridized carbons (Fsp3) is 0.565. The number of nitrogens with zero attached hydrogens (tertiary/aromatic N) is 3. The predicted molar refractivity (Wildman–Crippen MR) is 116 cm³/mol. The molecule has 172 valence electrons. The largest absolute Gasteiger partial charge is 0.491 e. The number of piperidine rings is 2. The quantitative estimate of drug-likeness (QED) is 0.654. The lowest BCUT2D eigenvalue weighted by Gasteiger charge is -2.36. The summed E-state index contributed by atoms with van der Waals surface area (Å²) in [6.45, 7) is 1.85. The monoisotopic (exact) mass is 442 g/mol. The van der Waals surface area contributed by atoms with E-state index in [0.29, 0.717) is 37.4 Å². The van der Waals surface area contributed by atoms with Gasteiger partial charge in [-0.25, -0.2) is 0 Å². The molecule has 3 heterocycles. The van der Waals surface area contributed by atoms with E-state index in [9.17, 15) is 19.2 Å². The predicted octanol–water partition coefficient (Wildman–Crippen LogP) is 0.769. The van der Waals surface area contributed by atoms with Crippen molar-refractivity contribution in [3.63, 3.8) is 0 Å². The Bertz CT molecular complexity index is 931. The minimum atomic E-state index is -0.629. The first-order valence-electron chi connectivity index (χ1n) is 11.2. The Balaban J connectivity index is 1.40. The lowest BCUT2D eigenvalue weighted by Crippen LogP contribution is -2.52. The van der Waals surface area contributed by atoms with Gasteiger partial charge in [0, 0.05) is 25.1 Å². The molecule has 1 N–H and O–H groups in total. The lowest BCUT2D eigenvalue weighted by molar-refractivity contribution is -0.137. The van der Waals surface area contributed by atoms with Crippen molar-refractivity contribution in [1.29, 1.82) is 0 Å². The average molecular weight is 443 g/mol. The third kappa shape index (κ3) is 4.62. The van der Waals surface area contributed by atoms with Crippen LogP contribution in [0.2, 0.25) is 0 Å². The van der Waals surface area contributed by atoms with E-state index >= 15 is 0 Å². The number of rotatable bonds is 6. The summed E-state index contributed by atoms with van der Waals surface area (Å²) in [6, 6.07) is 4.74. The Morgan fingerprint density at radius 2 is 2.00 bits per heavy atom. The molecule has 3 aliphatic rings. The molecular formula is C23H30N4O5. The number of imide groups is 1. The Morgan fingerprint density at radius 3 is 2.75 bits per heavy atom. The van der Waals surface area contributed by atoms with Crippen molar-refractivity contribution < 1.29 is 23.9 Å². The summed E-state index contributed by atoms with van der Waals surface area (Å²) in [5.74, 6) is -0.158. The molecule has 0 saturated carbocycles. The van der Waals surface area contributed by atoms with E-state index in [0.717, 1.165) is 31.4 Å². The molecule has 32 heavy (non-hydrogen) atoms. The molecule has 1 aromatic carbocycles. The summed E-state index contributed by atoms with van der Waals surface area (Å²) in [5, 5.41) is 2.31. The highest BCUT2D eigenvalue weighted by Gasteiger charge is 2.39. The van der Waals surface area contributed by atoms with Gasteiger partial charge in [-0.2, -0.15) is 0 Å². The zero-order valence-electron chi connectivity index (χ0n) is 18.6. The first kappa shape index (κ1) is 22.3. The van der Waals surface area contributed by atoms with Gasteiger partial charge in [0.25, 0.3) is 5.91 Å². The number of likely N-dealkylation sites (N-methyl/N-ethyl adjacent to an activating group) is 1. The van der Waals surface area contributed by atoms with E-state index in [1.54, 1.807) is 12.1 Å². The Hall–Kier alpha value is -2.94. The SMILES string of the molecule is CN(C)CC(=O)N1CCCC[C@@H]1COc1ccc2c(c1)CN(C1CCC(=O)NC1=O)C2=O. The van der Waals surface area contributed by atoms with E-state index in [-0.39, 0.29) is 30.2 Å². The topological polar surface area (TPSA) is 99.3 Å². The molecule has 3 aliphatic heterocycles. The maximum atomic E-state index is 12.8. The summed E-state index contributed by atoms with van der Waals surface area (Å²) < 4.78 is 6.05. The van der Waals surface area contributed by atoms with E-state index < -0.39 is 11.9 Å². The Kier molecular flexibility index (Phi) is 6.45. The Morgan fingerprint density at radius 1 is 1.19 bits per heavy atom. The van der Waals surface area contributed by atoms with Crippen LogP contribution in [0, 0.1) is 0 Å². The van der Waals surface area contributed by atoms with Gasteiger partial charge in [0.1, 0.15) is 18.4 Å². The molecule has 0 radical (unpaired) electrons. The summed E-state index contributed by atoms with van der Waals surface area (Å²) in [7, 11) is 3.77. The molecule has 1 unspecified atom stereocenters. The number of amides is 4. The molecule has 9 heteroatoms. The van der Waals surface area contributed by atoms with Crippen molar-refractivity contribution in [2.75, 3.05) is 33.8 Å². The van der Waals surface area contributed by atoms with Crippen LogP contribution in [0.15, 0.2) is 18.2 Å². The summed E-state index contributed by atoms with van der Waals surface area (Å²) in [5.41, 5.74) is 1.36. The summed E-state index contributed by atoms with van der Waals surface area (Å²) >= 11 is 0. The lowest BCUT2D eigenvalue weighted by atomic mass is 10.0. The number of hydrogen-bond donors (Lipinski definition) is 1. The number of ether oxygens (including phenoxy) is 1. The van der Waals surface area contributed by atoms with Crippen LogP contribution in [0.4, 0.5) is 0 Å². The first-order valence-corrected chi connectivity index (χ1v) is 11.2. The highest BCUT2D eigenvalue weighted by Crippen LogP contribution is 2.30. The van der Waals surface area contributed by atoms with Crippen LogP contribution in [0.1, 0.15) is 48.0 Å². The standard InChI is InChI=1S/C23H30N4O5/c1-25(2)13-21(29)26-10-4-3-5-16(26)14-32-17-6-7-18-15(11-17)12-27(23(18)31)19-8-9-20(28)24-22(19)30/h6-7,11,16,19H,3-5,8-10,12-14H2,1-2H3,(H,24,28,30)/t16-,19?/m1/s1. The number of benzene rings is 1. The van der Waals surface area contributed by atoms with Gasteiger partial charge in [0.2, 0.25) is 17.7 Å². The van der Waals surface area contributed by atoms with Crippen LogP contribution in [-0.2, 0) is 20.9 Å². The molecule has 2 fully saturated rings. The van der Waals surface area contributed by atoms with Gasteiger partial charge < -0.3 is 19.4 Å². The fourth-order valence-corrected chi connectivity index (χ4v) is 4.70. The molecule has 0 aromatic heterocycles. The first-order chi connectivity index (χ1) is 15.3. The minimum Gasteiger partial charge on any atom is -0.491 e. The number of carbonyl (C=O) groups is 4. The number of carbonyl (C=O) groups excluding carboxylic acids is 4. The highest BCUT2D eigenvalue weighted by molar-refractivity contribution is 6.05. The van der Waals surface area contributed by atoms with Crippen LogP contribution in [0.3, 0.4) is 0 Å². The Labute approximate surface area is 187 Å². The van der Waals surface area contributed by atoms with Crippen LogP contribution >= 0.6 is 0 Å². The van der Waals surface area contributed by atoms with Gasteiger partial charge in [-0.3, -0.25) is 24.5 Å². The molecule has 4 rings (SSSR count). The van der Waals surface area contributed by atoms with Gasteiger partial charge >= 0.3 is 0 Å². The number of nitrogens with one attached hydrogen (secondary N) is 1. The molecule has 2 saturated heterocycles. The van der Waals surface area contributed by atoms with Crippen molar-refractivity contribution in [2.24, 2.45) is 0 Å². The molecule has 4 amide bonds. The molecule has 2 atom stereocenters. The van der Waals surface area contributed by atoms with Crippen molar-refractivity contribution in [3.05, 3.63) is 29.3 Å². The second kappa shape index (κ2) is 9.28. The maximum Gasteiger partial charge on any atom is 0.255 e. The van der Waals surface area contributed by atoms with Crippen molar-refractivity contribution in [3.8, 4) is 5.75 Å². The van der Waals surface area contributed by atoms with Gasteiger partial charge in [0.15, 0.2) is 0 Å². The maximum absolute atomic E-state index is 12.8. The third-order valence-corrected chi connectivity index (χ3v) is 6.34. The second-order valence-electron chi connectivity index (χ2n) is 9.00. The number of fused-ring (bicyclic) bond motifs is 1. The van der Waals surface area contributed by atoms with Gasteiger partial charge in [-0.1, -0.05) is 0 Å². The van der Waals surface area contributed by atoms with Crippen LogP contribution in [-0.4, -0.2) is 84.2 Å². The van der Waals surface area contributed by atoms with E-state index in [2.05, 4.69) is 5.32 Å². The molecule has 0 aliphatic carbocycles. The van der Waals surface area contributed by atoms with E-state index in [4.69, 9.17) is 4.74 Å². The van der Waals surface area contributed by atoms with Gasteiger partial charge in [-0.05, 0) is 63.5 Å². The summed E-state index contributed by atoms with van der Waals surface area (Å²) in [4.78, 5) is 54.3. The fourth-order valence-electron chi connectivity index (χ4n) is 4.70. The third-order valence-electron chi connectivity index (χ3n) is 6.34. The van der Waals surface area contributed by atoms with Gasteiger partial charge in [0.05, 0.1) is 12.6 Å². The number of likely N-dealkylation sites (tertiary alicyclic amines) is 1. The smallest absolute Gasteiger partial charge is 0.255 e. The van der Waals surface area contributed by atoms with E-state index in [1.165, 1.54) is 4.90 Å².